The second-order valence-corrected chi connectivity index (χ2v) is 4.00. The monoisotopic (exact) mass is 156 g/mol. The molecule has 0 aromatic heterocycles. The summed E-state index contributed by atoms with van der Waals surface area (Å²) >= 11 is 0. The van der Waals surface area contributed by atoms with Crippen LogP contribution in [0, 0.1) is 0 Å². The molecular weight excluding hydrogens is 136 g/mol. The zero-order valence-corrected chi connectivity index (χ0v) is 7.77. The maximum Gasteiger partial charge on any atom is 0.0150 e. The fourth-order valence-corrected chi connectivity index (χ4v) is 1.60. The second-order valence-electron chi connectivity index (χ2n) is 4.00. The predicted molar refractivity (Wildman–Crippen MR) is 48.6 cm³/mol. The Morgan fingerprint density at radius 2 is 1.91 bits per heavy atom. The number of nitrogens with two attached hydrogens (primary N) is 1. The van der Waals surface area contributed by atoms with E-state index in [1.807, 2.05) is 0 Å². The van der Waals surface area contributed by atoms with Crippen molar-refractivity contribution in [2.24, 2.45) is 5.73 Å². The minimum absolute atomic E-state index is 0.115. The molecule has 0 atom stereocenters. The largest absolute Gasteiger partial charge is 0.325 e. The van der Waals surface area contributed by atoms with Crippen molar-refractivity contribution in [2.75, 3.05) is 19.6 Å². The van der Waals surface area contributed by atoms with E-state index in [1.165, 1.54) is 26.1 Å². The van der Waals surface area contributed by atoms with Crippen molar-refractivity contribution in [1.82, 2.24) is 4.90 Å². The normalized spacial score (nSPS) is 25.4. The van der Waals surface area contributed by atoms with Crippen LogP contribution in [-0.2, 0) is 0 Å². The smallest absolute Gasteiger partial charge is 0.0150 e. The maximum atomic E-state index is 6.01. The summed E-state index contributed by atoms with van der Waals surface area (Å²) in [5.41, 5.74) is 6.12. The number of rotatable bonds is 2. The lowest BCUT2D eigenvalue weighted by Gasteiger charge is -2.36. The summed E-state index contributed by atoms with van der Waals surface area (Å²) in [6.07, 6.45) is 3.58. The first kappa shape index (κ1) is 9.01. The van der Waals surface area contributed by atoms with E-state index in [0.717, 1.165) is 12.8 Å². The molecule has 0 radical (unpaired) electrons. The minimum Gasteiger partial charge on any atom is -0.325 e. The van der Waals surface area contributed by atoms with Crippen LogP contribution in [0.3, 0.4) is 0 Å². The average molecular weight is 156 g/mol. The lowest BCUT2D eigenvalue weighted by atomic mass is 9.91. The van der Waals surface area contributed by atoms with Crippen LogP contribution in [0.15, 0.2) is 0 Å². The molecule has 0 bridgehead atoms. The van der Waals surface area contributed by atoms with E-state index in [2.05, 4.69) is 18.7 Å². The molecule has 66 valence electrons. The van der Waals surface area contributed by atoms with Gasteiger partial charge in [0.15, 0.2) is 0 Å². The molecule has 1 saturated heterocycles. The molecule has 1 aliphatic rings. The Kier molecular flexibility index (Phi) is 2.90. The molecule has 2 N–H and O–H groups in total. The second kappa shape index (κ2) is 3.55. The van der Waals surface area contributed by atoms with Gasteiger partial charge in [-0.3, -0.25) is 0 Å². The topological polar surface area (TPSA) is 29.3 Å². The number of piperidine rings is 1. The Morgan fingerprint density at radius 1 is 1.36 bits per heavy atom. The van der Waals surface area contributed by atoms with E-state index >= 15 is 0 Å². The van der Waals surface area contributed by atoms with E-state index < -0.39 is 0 Å². The van der Waals surface area contributed by atoms with Gasteiger partial charge in [0, 0.05) is 5.54 Å². The molecule has 0 aromatic rings. The summed E-state index contributed by atoms with van der Waals surface area (Å²) in [6.45, 7) is 8.03. The molecule has 2 nitrogen and oxygen atoms in total. The average Bonchev–Trinajstić information content (AvgIpc) is 1.94. The molecular formula is C9H20N2. The van der Waals surface area contributed by atoms with E-state index in [9.17, 15) is 0 Å². The quantitative estimate of drug-likeness (QED) is 0.651. The summed E-state index contributed by atoms with van der Waals surface area (Å²) in [4.78, 5) is 2.51. The van der Waals surface area contributed by atoms with E-state index in [1.54, 1.807) is 0 Å². The summed E-state index contributed by atoms with van der Waals surface area (Å²) in [7, 11) is 0. The number of nitrogens with zero attached hydrogens (tertiary/aromatic N) is 1. The molecule has 0 amide bonds. The molecule has 1 fully saturated rings. The van der Waals surface area contributed by atoms with Crippen LogP contribution in [-0.4, -0.2) is 30.1 Å². The third-order valence-corrected chi connectivity index (χ3v) is 2.54. The Bertz CT molecular complexity index is 111. The van der Waals surface area contributed by atoms with Gasteiger partial charge in [-0.2, -0.15) is 0 Å². The zero-order valence-electron chi connectivity index (χ0n) is 7.77. The van der Waals surface area contributed by atoms with Crippen LogP contribution in [0.5, 0.6) is 0 Å². The lowest BCUT2D eigenvalue weighted by molar-refractivity contribution is 0.172. The molecule has 1 rings (SSSR count). The Labute approximate surface area is 69.8 Å². The van der Waals surface area contributed by atoms with Gasteiger partial charge in [-0.15, -0.1) is 0 Å². The van der Waals surface area contributed by atoms with Gasteiger partial charge in [0.05, 0.1) is 0 Å². The van der Waals surface area contributed by atoms with Crippen LogP contribution >= 0.6 is 0 Å². The number of hydrogen-bond donors (Lipinski definition) is 1. The van der Waals surface area contributed by atoms with Crippen molar-refractivity contribution in [3.63, 3.8) is 0 Å². The molecule has 1 aliphatic heterocycles. The number of likely N-dealkylation sites (tertiary alicyclic amines) is 1. The maximum absolute atomic E-state index is 6.01. The summed E-state index contributed by atoms with van der Waals surface area (Å²) in [6, 6.07) is 0. The first-order valence-corrected chi connectivity index (χ1v) is 4.65. The fourth-order valence-electron chi connectivity index (χ4n) is 1.60. The molecule has 0 aromatic carbocycles. The van der Waals surface area contributed by atoms with Gasteiger partial charge in [0.1, 0.15) is 0 Å². The first-order valence-electron chi connectivity index (χ1n) is 4.65. The molecule has 2 heteroatoms. The van der Waals surface area contributed by atoms with E-state index in [0.29, 0.717) is 0 Å². The van der Waals surface area contributed by atoms with Crippen molar-refractivity contribution in [3.05, 3.63) is 0 Å². The van der Waals surface area contributed by atoms with Gasteiger partial charge >= 0.3 is 0 Å². The predicted octanol–water partition coefficient (Wildman–Crippen LogP) is 1.21. The minimum atomic E-state index is 0.115. The van der Waals surface area contributed by atoms with Crippen LogP contribution in [0.1, 0.15) is 33.1 Å². The highest BCUT2D eigenvalue weighted by Gasteiger charge is 2.24. The van der Waals surface area contributed by atoms with E-state index in [-0.39, 0.29) is 5.54 Å². The molecule has 0 aliphatic carbocycles. The van der Waals surface area contributed by atoms with Gasteiger partial charge in [0.25, 0.3) is 0 Å². The van der Waals surface area contributed by atoms with Crippen molar-refractivity contribution in [1.29, 1.82) is 0 Å². The van der Waals surface area contributed by atoms with Crippen molar-refractivity contribution >= 4 is 0 Å². The van der Waals surface area contributed by atoms with Gasteiger partial charge in [-0.05, 0) is 45.8 Å². The highest BCUT2D eigenvalue weighted by atomic mass is 15.1. The summed E-state index contributed by atoms with van der Waals surface area (Å²) in [5, 5.41) is 0. The molecule has 1 heterocycles. The summed E-state index contributed by atoms with van der Waals surface area (Å²) in [5.74, 6) is 0. The zero-order chi connectivity index (χ0) is 8.32. The van der Waals surface area contributed by atoms with Gasteiger partial charge < -0.3 is 10.6 Å². The Morgan fingerprint density at radius 3 is 2.36 bits per heavy atom. The third-order valence-electron chi connectivity index (χ3n) is 2.54. The number of hydrogen-bond acceptors (Lipinski definition) is 2. The van der Waals surface area contributed by atoms with Gasteiger partial charge in [-0.1, -0.05) is 6.92 Å². The highest BCUT2D eigenvalue weighted by Crippen LogP contribution is 2.18. The lowest BCUT2D eigenvalue weighted by Crippen LogP contribution is -2.48. The molecule has 11 heavy (non-hydrogen) atoms. The standard InChI is InChI=1S/C9H20N2/c1-3-6-11-7-4-9(2,10)5-8-11/h3-8,10H2,1-2H3. The van der Waals surface area contributed by atoms with Crippen molar-refractivity contribution in [3.8, 4) is 0 Å². The summed E-state index contributed by atoms with van der Waals surface area (Å²) < 4.78 is 0. The Hall–Kier alpha value is -0.0800. The van der Waals surface area contributed by atoms with Crippen molar-refractivity contribution in [2.45, 2.75) is 38.6 Å². The van der Waals surface area contributed by atoms with Crippen LogP contribution in [0.4, 0.5) is 0 Å². The van der Waals surface area contributed by atoms with Crippen molar-refractivity contribution < 1.29 is 0 Å². The highest BCUT2D eigenvalue weighted by molar-refractivity contribution is 4.85. The van der Waals surface area contributed by atoms with Gasteiger partial charge in [-0.25, -0.2) is 0 Å². The van der Waals surface area contributed by atoms with Crippen LogP contribution < -0.4 is 5.73 Å². The molecule has 0 spiro atoms. The van der Waals surface area contributed by atoms with Crippen LogP contribution in [0.25, 0.3) is 0 Å². The molecule has 0 unspecified atom stereocenters. The fraction of sp³-hybridized carbons (Fsp3) is 1.00. The first-order chi connectivity index (χ1) is 5.14. The van der Waals surface area contributed by atoms with Gasteiger partial charge in [0.2, 0.25) is 0 Å². The third kappa shape index (κ3) is 2.80. The van der Waals surface area contributed by atoms with Crippen LogP contribution in [0.2, 0.25) is 0 Å². The molecule has 0 saturated carbocycles. The van der Waals surface area contributed by atoms with E-state index in [4.69, 9.17) is 5.73 Å². The Balaban J connectivity index is 2.25. The SMILES string of the molecule is CCCN1CCC(C)(N)CC1.